The lowest BCUT2D eigenvalue weighted by molar-refractivity contribution is -0.145. The summed E-state index contributed by atoms with van der Waals surface area (Å²) in [5.74, 6) is -0.886. The van der Waals surface area contributed by atoms with Crippen LogP contribution in [0.1, 0.15) is 40.2 Å². The number of ether oxygens (including phenoxy) is 1. The number of aromatic nitrogens is 5. The number of benzene rings is 1. The fraction of sp³-hybridized carbons (Fsp3) is 0.294. The third-order valence-electron chi connectivity index (χ3n) is 4.23. The number of esters is 1. The number of nitrogens with zero attached hydrogens (tertiary/aromatic N) is 5. The Balaban J connectivity index is 1.51. The maximum absolute atomic E-state index is 12.6. The molecule has 0 saturated carbocycles. The van der Waals surface area contributed by atoms with E-state index in [2.05, 4.69) is 25.8 Å². The highest BCUT2D eigenvalue weighted by molar-refractivity contribution is 7.16. The van der Waals surface area contributed by atoms with Gasteiger partial charge < -0.3 is 4.74 Å². The smallest absolute Gasteiger partial charge is 0.315 e. The molecule has 1 aromatic carbocycles. The van der Waals surface area contributed by atoms with Gasteiger partial charge in [-0.2, -0.15) is 0 Å². The molecule has 1 unspecified atom stereocenters. The predicted molar refractivity (Wildman–Crippen MR) is 96.9 cm³/mol. The minimum Gasteiger partial charge on any atom is -0.465 e. The highest BCUT2D eigenvalue weighted by atomic mass is 32.1. The molecule has 1 atom stereocenters. The second kappa shape index (κ2) is 7.23. The van der Waals surface area contributed by atoms with Crippen LogP contribution >= 0.6 is 11.3 Å². The van der Waals surface area contributed by atoms with Gasteiger partial charge in [0.05, 0.1) is 18.0 Å². The fourth-order valence-electron chi connectivity index (χ4n) is 2.99. The van der Waals surface area contributed by atoms with E-state index < -0.39 is 0 Å². The van der Waals surface area contributed by atoms with Gasteiger partial charge in [0, 0.05) is 10.4 Å². The number of thiazole rings is 1. The Morgan fingerprint density at radius 2 is 2.30 bits per heavy atom. The molecule has 1 N–H and O–H groups in total. The number of hydrogen-bond acceptors (Lipinski definition) is 8. The fourth-order valence-corrected chi connectivity index (χ4v) is 4.02. The Labute approximate surface area is 158 Å². The molecule has 0 bridgehead atoms. The van der Waals surface area contributed by atoms with Crippen LogP contribution in [-0.2, 0) is 16.0 Å². The van der Waals surface area contributed by atoms with Crippen molar-refractivity contribution in [2.45, 2.75) is 25.7 Å². The number of amides is 1. The molecular formula is C17H16N6O3S. The van der Waals surface area contributed by atoms with Crippen molar-refractivity contribution in [3.63, 3.8) is 0 Å². The number of aryl methyl sites for hydroxylation is 1. The molecular weight excluding hydrogens is 368 g/mol. The molecule has 27 heavy (non-hydrogen) atoms. The lowest BCUT2D eigenvalue weighted by Crippen LogP contribution is -2.15. The van der Waals surface area contributed by atoms with Crippen molar-refractivity contribution in [2.75, 3.05) is 11.9 Å². The average molecular weight is 384 g/mol. The molecule has 0 saturated heterocycles. The van der Waals surface area contributed by atoms with Gasteiger partial charge in [-0.25, -0.2) is 9.67 Å². The monoisotopic (exact) mass is 384 g/mol. The van der Waals surface area contributed by atoms with Crippen molar-refractivity contribution < 1.29 is 14.3 Å². The molecule has 138 valence electrons. The summed E-state index contributed by atoms with van der Waals surface area (Å²) >= 11 is 1.40. The van der Waals surface area contributed by atoms with Crippen molar-refractivity contribution in [2.24, 2.45) is 0 Å². The summed E-state index contributed by atoms with van der Waals surface area (Å²) in [7, 11) is 0. The molecule has 0 aliphatic heterocycles. The number of anilines is 1. The lowest BCUT2D eigenvalue weighted by atomic mass is 10.1. The molecule has 4 rings (SSSR count). The highest BCUT2D eigenvalue weighted by Gasteiger charge is 2.33. The summed E-state index contributed by atoms with van der Waals surface area (Å²) in [5.41, 5.74) is 1.85. The third-order valence-corrected chi connectivity index (χ3v) is 5.28. The molecule has 9 nitrogen and oxygen atoms in total. The zero-order chi connectivity index (χ0) is 18.8. The molecule has 10 heteroatoms. The number of fused-ring (bicyclic) bond motifs is 1. The van der Waals surface area contributed by atoms with E-state index in [0.29, 0.717) is 29.4 Å². The first-order chi connectivity index (χ1) is 13.2. The normalized spacial score (nSPS) is 15.4. The first-order valence-electron chi connectivity index (χ1n) is 8.46. The Hall–Kier alpha value is -3.14. The van der Waals surface area contributed by atoms with Crippen LogP contribution in [0.25, 0.3) is 5.69 Å². The Morgan fingerprint density at radius 1 is 1.41 bits per heavy atom. The van der Waals surface area contributed by atoms with E-state index in [-0.39, 0.29) is 17.8 Å². The lowest BCUT2D eigenvalue weighted by Gasteiger charge is -2.08. The molecule has 1 aliphatic carbocycles. The number of carbonyl (C=O) groups excluding carboxylic acids is 2. The Morgan fingerprint density at radius 3 is 3.07 bits per heavy atom. The van der Waals surface area contributed by atoms with Crippen LogP contribution < -0.4 is 5.32 Å². The number of hydrogen-bond donors (Lipinski definition) is 1. The Kier molecular flexibility index (Phi) is 4.63. The van der Waals surface area contributed by atoms with E-state index in [1.165, 1.54) is 22.3 Å². The molecule has 0 spiro atoms. The van der Waals surface area contributed by atoms with Crippen molar-refractivity contribution in [1.82, 2.24) is 25.2 Å². The SMILES string of the molecule is CCOC(=O)C1CCc2sc(NC(=O)c3cccc(-n4cnnn4)c3)nc21. The number of nitrogens with one attached hydrogen (secondary N) is 1. The number of carbonyl (C=O) groups is 2. The standard InChI is InChI=1S/C17H16N6O3S/c1-2-26-16(25)12-6-7-13-14(12)19-17(27-13)20-15(24)10-4-3-5-11(8-10)23-9-18-21-22-23/h3-5,8-9,12H,2,6-7H2,1H3,(H,19,20,24). The predicted octanol–water partition coefficient (Wildman–Crippen LogP) is 1.96. The van der Waals surface area contributed by atoms with E-state index in [0.717, 1.165) is 17.0 Å². The molecule has 3 aromatic rings. The summed E-state index contributed by atoms with van der Waals surface area (Å²) in [6, 6.07) is 6.94. The molecule has 0 fully saturated rings. The zero-order valence-corrected chi connectivity index (χ0v) is 15.3. The molecule has 1 aliphatic rings. The summed E-state index contributed by atoms with van der Waals surface area (Å²) in [5, 5.41) is 14.3. The summed E-state index contributed by atoms with van der Waals surface area (Å²) in [6.07, 6.45) is 2.92. The summed E-state index contributed by atoms with van der Waals surface area (Å²) in [6.45, 7) is 2.12. The van der Waals surface area contributed by atoms with Gasteiger partial charge in [-0.3, -0.25) is 14.9 Å². The van der Waals surface area contributed by atoms with Gasteiger partial charge in [-0.05, 0) is 48.4 Å². The molecule has 0 radical (unpaired) electrons. The highest BCUT2D eigenvalue weighted by Crippen LogP contribution is 2.39. The van der Waals surface area contributed by atoms with Crippen molar-refractivity contribution in [1.29, 1.82) is 0 Å². The quantitative estimate of drug-likeness (QED) is 0.669. The van der Waals surface area contributed by atoms with E-state index in [1.807, 2.05) is 0 Å². The molecule has 2 heterocycles. The van der Waals surface area contributed by atoms with E-state index in [4.69, 9.17) is 4.74 Å². The van der Waals surface area contributed by atoms with Crippen molar-refractivity contribution in [3.8, 4) is 5.69 Å². The molecule has 2 aromatic heterocycles. The summed E-state index contributed by atoms with van der Waals surface area (Å²) in [4.78, 5) is 30.1. The van der Waals surface area contributed by atoms with Gasteiger partial charge >= 0.3 is 5.97 Å². The van der Waals surface area contributed by atoms with Gasteiger partial charge in [0.2, 0.25) is 0 Å². The number of tetrazole rings is 1. The van der Waals surface area contributed by atoms with Gasteiger partial charge in [-0.15, -0.1) is 16.4 Å². The van der Waals surface area contributed by atoms with E-state index >= 15 is 0 Å². The number of rotatable bonds is 5. The average Bonchev–Trinajstić information content (AvgIpc) is 3.39. The summed E-state index contributed by atoms with van der Waals surface area (Å²) < 4.78 is 6.58. The third kappa shape index (κ3) is 3.43. The Bertz CT molecular complexity index is 984. The van der Waals surface area contributed by atoms with Crippen molar-refractivity contribution >= 4 is 28.3 Å². The second-order valence-electron chi connectivity index (χ2n) is 5.93. The molecule has 1 amide bonds. The zero-order valence-electron chi connectivity index (χ0n) is 14.5. The van der Waals surface area contributed by atoms with Crippen LogP contribution in [0.2, 0.25) is 0 Å². The first-order valence-corrected chi connectivity index (χ1v) is 9.28. The minimum absolute atomic E-state index is 0.256. The minimum atomic E-state index is -0.343. The first kappa shape index (κ1) is 17.3. The largest absolute Gasteiger partial charge is 0.465 e. The maximum atomic E-state index is 12.6. The van der Waals surface area contributed by atoms with Crippen molar-refractivity contribution in [3.05, 3.63) is 46.7 Å². The second-order valence-corrected chi connectivity index (χ2v) is 7.01. The van der Waals surface area contributed by atoms with E-state index in [9.17, 15) is 9.59 Å². The van der Waals surface area contributed by atoms with Crippen LogP contribution in [0.3, 0.4) is 0 Å². The van der Waals surface area contributed by atoms with Crippen LogP contribution in [-0.4, -0.2) is 43.7 Å². The van der Waals surface area contributed by atoms with Gasteiger partial charge in [0.15, 0.2) is 5.13 Å². The van der Waals surface area contributed by atoms with Gasteiger partial charge in [0.1, 0.15) is 12.2 Å². The van der Waals surface area contributed by atoms with Crippen LogP contribution in [0, 0.1) is 0 Å². The van der Waals surface area contributed by atoms with Crippen LogP contribution in [0.4, 0.5) is 5.13 Å². The van der Waals surface area contributed by atoms with Gasteiger partial charge in [0.25, 0.3) is 5.91 Å². The van der Waals surface area contributed by atoms with Crippen LogP contribution in [0.5, 0.6) is 0 Å². The van der Waals surface area contributed by atoms with Gasteiger partial charge in [-0.1, -0.05) is 6.07 Å². The van der Waals surface area contributed by atoms with Crippen LogP contribution in [0.15, 0.2) is 30.6 Å². The topological polar surface area (TPSA) is 112 Å². The van der Waals surface area contributed by atoms with E-state index in [1.54, 1.807) is 31.2 Å². The maximum Gasteiger partial charge on any atom is 0.315 e.